The zero-order valence-corrected chi connectivity index (χ0v) is 19.9. The highest BCUT2D eigenvalue weighted by atomic mass is 28.4. The summed E-state index contributed by atoms with van der Waals surface area (Å²) in [6, 6.07) is 3.31. The molecule has 2 aliphatic carbocycles. The van der Waals surface area contributed by atoms with Crippen LogP contribution >= 0.6 is 0 Å². The number of hydrogen-bond acceptors (Lipinski definition) is 4. The fraction of sp³-hybridized carbons (Fsp3) is 0.783. The molecule has 0 aliphatic heterocycles. The van der Waals surface area contributed by atoms with Crippen molar-refractivity contribution in [1.82, 2.24) is 0 Å². The lowest BCUT2D eigenvalue weighted by molar-refractivity contribution is -0.153. The van der Waals surface area contributed by atoms with Crippen LogP contribution in [0, 0.1) is 22.7 Å². The molecule has 0 heterocycles. The number of esters is 1. The van der Waals surface area contributed by atoms with Gasteiger partial charge in [-0.2, -0.15) is 0 Å². The van der Waals surface area contributed by atoms with Gasteiger partial charge in [-0.3, -0.25) is 4.79 Å². The van der Waals surface area contributed by atoms with E-state index in [0.29, 0.717) is 0 Å². The first-order chi connectivity index (χ1) is 13.1. The van der Waals surface area contributed by atoms with E-state index in [1.54, 1.807) is 0 Å². The highest BCUT2D eigenvalue weighted by molar-refractivity contribution is 6.73. The molecule has 0 bridgehead atoms. The third-order valence-electron chi connectivity index (χ3n) is 7.67. The minimum absolute atomic E-state index is 0.0115. The van der Waals surface area contributed by atoms with E-state index in [1.165, 1.54) is 12.7 Å². The van der Waals surface area contributed by atoms with Crippen molar-refractivity contribution in [1.29, 1.82) is 0 Å². The van der Waals surface area contributed by atoms with Crippen LogP contribution in [0.1, 0.15) is 54.4 Å². The number of allylic oxidation sites excluding steroid dienone is 2. The van der Waals surface area contributed by atoms with Crippen LogP contribution in [0.25, 0.3) is 0 Å². The summed E-state index contributed by atoms with van der Waals surface area (Å²) in [7, 11) is -0.346. The Hall–Kier alpha value is -0.913. The Morgan fingerprint density at radius 2 is 1.89 bits per heavy atom. The van der Waals surface area contributed by atoms with E-state index >= 15 is 0 Å². The largest absolute Gasteiger partial charge is 0.469 e. The highest BCUT2D eigenvalue weighted by Gasteiger charge is 2.52. The number of ether oxygens (including phenoxy) is 1. The van der Waals surface area contributed by atoms with Gasteiger partial charge in [0.05, 0.1) is 25.2 Å². The number of methoxy groups -OCH3 is 1. The van der Waals surface area contributed by atoms with Crippen molar-refractivity contribution in [2.24, 2.45) is 22.7 Å². The molecule has 0 saturated carbocycles. The van der Waals surface area contributed by atoms with E-state index in [0.717, 1.165) is 31.0 Å². The molecule has 0 amide bonds. The third kappa shape index (κ3) is 4.03. The van der Waals surface area contributed by atoms with Gasteiger partial charge in [0.1, 0.15) is 0 Å². The van der Waals surface area contributed by atoms with Crippen LogP contribution in [0.15, 0.2) is 23.8 Å². The predicted molar refractivity (Wildman–Crippen MR) is 116 cm³/mol. The van der Waals surface area contributed by atoms with Gasteiger partial charge in [0.25, 0.3) is 0 Å². The molecule has 0 spiro atoms. The fourth-order valence-corrected chi connectivity index (χ4v) is 8.03. The monoisotopic (exact) mass is 408 g/mol. The zero-order valence-electron chi connectivity index (χ0n) is 18.9. The number of aliphatic hydroxyl groups is 1. The summed E-state index contributed by atoms with van der Waals surface area (Å²) in [5.74, 6) is 0.0720. The molecule has 0 unspecified atom stereocenters. The fourth-order valence-electron chi connectivity index (χ4n) is 5.13. The highest BCUT2D eigenvalue weighted by Crippen LogP contribution is 2.52. The lowest BCUT2D eigenvalue weighted by Crippen LogP contribution is -2.54. The van der Waals surface area contributed by atoms with Crippen molar-refractivity contribution in [3.8, 4) is 0 Å². The number of fused-ring (bicyclic) bond motifs is 1. The summed E-state index contributed by atoms with van der Waals surface area (Å²) in [5, 5.41) is 10.6. The summed E-state index contributed by atoms with van der Waals surface area (Å²) in [4.78, 5) is 12.3. The minimum Gasteiger partial charge on any atom is -0.469 e. The topological polar surface area (TPSA) is 55.8 Å². The lowest BCUT2D eigenvalue weighted by atomic mass is 9.58. The van der Waals surface area contributed by atoms with E-state index in [4.69, 9.17) is 9.16 Å². The van der Waals surface area contributed by atoms with E-state index in [-0.39, 0.29) is 35.9 Å². The standard InChI is InChI=1S/C23H40O4Si/c1-8-28(9-2,10-3)27-20-14-17(4)13-19-15-18(11-12-23(19,20)16-24)22(5,6)21(25)26-7/h11-13,18-20,24H,8-10,14-16H2,1-7H3/t18-,19+,20+,23+/m1/s1. The van der Waals surface area contributed by atoms with Gasteiger partial charge in [0.2, 0.25) is 0 Å². The summed E-state index contributed by atoms with van der Waals surface area (Å²) >= 11 is 0. The molecule has 0 radical (unpaired) electrons. The van der Waals surface area contributed by atoms with Gasteiger partial charge < -0.3 is 14.3 Å². The first kappa shape index (κ1) is 23.4. The summed E-state index contributed by atoms with van der Waals surface area (Å²) in [6.07, 6.45) is 8.34. The SMILES string of the molecule is CC[Si](CC)(CC)O[C@H]1CC(C)=C[C@H]2C[C@H](C(C)(C)C(=O)OC)C=C[C@@]12CO. The van der Waals surface area contributed by atoms with Gasteiger partial charge in [-0.15, -0.1) is 0 Å². The van der Waals surface area contributed by atoms with Crippen molar-refractivity contribution >= 4 is 14.3 Å². The molecule has 0 aromatic heterocycles. The van der Waals surface area contributed by atoms with Crippen molar-refractivity contribution < 1.29 is 19.1 Å². The van der Waals surface area contributed by atoms with Crippen LogP contribution in [0.3, 0.4) is 0 Å². The van der Waals surface area contributed by atoms with Gasteiger partial charge >= 0.3 is 5.97 Å². The normalized spacial score (nSPS) is 30.6. The van der Waals surface area contributed by atoms with Crippen molar-refractivity contribution in [3.63, 3.8) is 0 Å². The van der Waals surface area contributed by atoms with Crippen LogP contribution in [-0.4, -0.2) is 39.2 Å². The maximum atomic E-state index is 12.3. The minimum atomic E-state index is -1.80. The van der Waals surface area contributed by atoms with Crippen molar-refractivity contribution in [2.75, 3.05) is 13.7 Å². The molecule has 4 nitrogen and oxygen atoms in total. The second-order valence-electron chi connectivity index (χ2n) is 9.36. The average Bonchev–Trinajstić information content (AvgIpc) is 2.70. The van der Waals surface area contributed by atoms with Gasteiger partial charge in [0, 0.05) is 5.41 Å². The molecule has 0 fully saturated rings. The number of carbonyl (C=O) groups is 1. The Bertz CT molecular complexity index is 612. The number of hydrogen-bond donors (Lipinski definition) is 1. The Balaban J connectivity index is 2.42. The van der Waals surface area contributed by atoms with Gasteiger partial charge in [-0.05, 0) is 63.6 Å². The summed E-state index contributed by atoms with van der Waals surface area (Å²) in [6.45, 7) is 12.9. The molecule has 0 aromatic carbocycles. The van der Waals surface area contributed by atoms with Crippen LogP contribution in [0.4, 0.5) is 0 Å². The number of carbonyl (C=O) groups excluding carboxylic acids is 1. The summed E-state index contributed by atoms with van der Waals surface area (Å²) in [5.41, 5.74) is 0.354. The van der Waals surface area contributed by atoms with Crippen LogP contribution in [0.2, 0.25) is 18.1 Å². The molecule has 0 saturated heterocycles. The Labute approximate surface area is 172 Å². The van der Waals surface area contributed by atoms with Crippen LogP contribution in [0.5, 0.6) is 0 Å². The second-order valence-corrected chi connectivity index (χ2v) is 14.1. The first-order valence-electron chi connectivity index (χ1n) is 10.9. The smallest absolute Gasteiger partial charge is 0.311 e. The molecule has 1 N–H and O–H groups in total. The molecule has 2 aliphatic rings. The quantitative estimate of drug-likeness (QED) is 0.345. The molecule has 5 heteroatoms. The molecule has 0 aromatic rings. The Kier molecular flexibility index (Phi) is 7.38. The third-order valence-corrected chi connectivity index (χ3v) is 12.3. The maximum absolute atomic E-state index is 12.3. The summed E-state index contributed by atoms with van der Waals surface area (Å²) < 4.78 is 12.0. The zero-order chi connectivity index (χ0) is 21.2. The van der Waals surface area contributed by atoms with Crippen molar-refractivity contribution in [2.45, 2.75) is 78.6 Å². The van der Waals surface area contributed by atoms with E-state index in [2.05, 4.69) is 45.9 Å². The predicted octanol–water partition coefficient (Wildman–Crippen LogP) is 5.10. The first-order valence-corrected chi connectivity index (χ1v) is 13.4. The van der Waals surface area contributed by atoms with Crippen LogP contribution < -0.4 is 0 Å². The number of rotatable bonds is 8. The van der Waals surface area contributed by atoms with Gasteiger partial charge in [0.15, 0.2) is 8.32 Å². The average molecular weight is 409 g/mol. The lowest BCUT2D eigenvalue weighted by Gasteiger charge is -2.52. The van der Waals surface area contributed by atoms with E-state index in [9.17, 15) is 9.90 Å². The molecule has 160 valence electrons. The second kappa shape index (κ2) is 8.84. The van der Waals surface area contributed by atoms with Gasteiger partial charge in [-0.1, -0.05) is 44.6 Å². The van der Waals surface area contributed by atoms with Gasteiger partial charge in [-0.25, -0.2) is 0 Å². The van der Waals surface area contributed by atoms with E-state index in [1.807, 2.05) is 13.8 Å². The maximum Gasteiger partial charge on any atom is 0.311 e. The molecule has 4 atom stereocenters. The number of aliphatic hydroxyl groups excluding tert-OH is 1. The van der Waals surface area contributed by atoms with E-state index < -0.39 is 13.7 Å². The molecular formula is C23H40O4Si. The van der Waals surface area contributed by atoms with Crippen molar-refractivity contribution in [3.05, 3.63) is 23.8 Å². The van der Waals surface area contributed by atoms with Crippen LogP contribution in [-0.2, 0) is 14.0 Å². The molecule has 28 heavy (non-hydrogen) atoms. The Morgan fingerprint density at radius 3 is 2.39 bits per heavy atom. The molecular weight excluding hydrogens is 368 g/mol. The molecule has 2 rings (SSSR count). The Morgan fingerprint density at radius 1 is 1.29 bits per heavy atom.